The molecule has 28 heavy (non-hydrogen) atoms. The highest BCUT2D eigenvalue weighted by molar-refractivity contribution is 5.54. The monoisotopic (exact) mass is 385 g/mol. The van der Waals surface area contributed by atoms with Crippen LogP contribution in [0, 0.1) is 5.82 Å². The van der Waals surface area contributed by atoms with Crippen molar-refractivity contribution in [2.24, 2.45) is 0 Å². The quantitative estimate of drug-likeness (QED) is 0.873. The number of hydrogen-bond acceptors (Lipinski definition) is 6. The standard InChI is InChI=1S/C21H28FN5O/c1-16-13-25(10-11-26(16)19-8-3-2-7-18(19)22)20-12-21(24-15-23-20)27-9-5-4-6-17(27)14-28/h2-3,7-8,12,15-17,28H,4-6,9-11,13-14H2,1H3. The van der Waals surface area contributed by atoms with Crippen molar-refractivity contribution in [3.63, 3.8) is 0 Å². The van der Waals surface area contributed by atoms with E-state index in [0.717, 1.165) is 57.1 Å². The second kappa shape index (κ2) is 8.31. The van der Waals surface area contributed by atoms with Crippen LogP contribution in [0.25, 0.3) is 0 Å². The van der Waals surface area contributed by atoms with Gasteiger partial charge in [0.1, 0.15) is 23.8 Å². The molecular formula is C21H28FN5O. The second-order valence-corrected chi connectivity index (χ2v) is 7.70. The molecule has 1 aromatic carbocycles. The lowest BCUT2D eigenvalue weighted by Gasteiger charge is -2.42. The van der Waals surface area contributed by atoms with Gasteiger partial charge in [0.2, 0.25) is 0 Å². The van der Waals surface area contributed by atoms with Crippen molar-refractivity contribution in [1.29, 1.82) is 0 Å². The van der Waals surface area contributed by atoms with Crippen molar-refractivity contribution >= 4 is 17.3 Å². The van der Waals surface area contributed by atoms with Crippen LogP contribution in [-0.2, 0) is 0 Å². The van der Waals surface area contributed by atoms with Gasteiger partial charge in [-0.2, -0.15) is 0 Å². The van der Waals surface area contributed by atoms with Crippen LogP contribution in [0.15, 0.2) is 36.7 Å². The average Bonchev–Trinajstić information content (AvgIpc) is 2.74. The molecule has 0 saturated carbocycles. The first-order valence-corrected chi connectivity index (χ1v) is 10.1. The molecule has 2 aliphatic rings. The van der Waals surface area contributed by atoms with E-state index in [1.807, 2.05) is 18.2 Å². The molecule has 3 heterocycles. The highest BCUT2D eigenvalue weighted by atomic mass is 19.1. The number of hydrogen-bond donors (Lipinski definition) is 1. The number of benzene rings is 1. The number of nitrogens with zero attached hydrogens (tertiary/aromatic N) is 5. The topological polar surface area (TPSA) is 55.7 Å². The summed E-state index contributed by atoms with van der Waals surface area (Å²) in [6.45, 7) is 5.47. The Bertz CT molecular complexity index is 804. The molecule has 1 aromatic heterocycles. The number of aliphatic hydroxyl groups excluding tert-OH is 1. The number of aliphatic hydroxyl groups is 1. The van der Waals surface area contributed by atoms with Crippen LogP contribution < -0.4 is 14.7 Å². The SMILES string of the molecule is CC1CN(c2cc(N3CCCCC3CO)ncn2)CCN1c1ccccc1F. The molecule has 0 bridgehead atoms. The maximum Gasteiger partial charge on any atom is 0.146 e. The molecule has 0 spiro atoms. The van der Waals surface area contributed by atoms with Crippen LogP contribution in [0.4, 0.5) is 21.7 Å². The molecule has 2 atom stereocenters. The van der Waals surface area contributed by atoms with Gasteiger partial charge in [0.15, 0.2) is 0 Å². The summed E-state index contributed by atoms with van der Waals surface area (Å²) in [4.78, 5) is 15.5. The Morgan fingerprint density at radius 1 is 1.07 bits per heavy atom. The predicted molar refractivity (Wildman–Crippen MR) is 110 cm³/mol. The fourth-order valence-electron chi connectivity index (χ4n) is 4.37. The van der Waals surface area contributed by atoms with Gasteiger partial charge in [-0.1, -0.05) is 12.1 Å². The Balaban J connectivity index is 1.49. The van der Waals surface area contributed by atoms with Crippen molar-refractivity contribution < 1.29 is 9.50 Å². The zero-order valence-corrected chi connectivity index (χ0v) is 16.3. The summed E-state index contributed by atoms with van der Waals surface area (Å²) < 4.78 is 14.2. The lowest BCUT2D eigenvalue weighted by atomic mass is 10.0. The van der Waals surface area contributed by atoms with Gasteiger partial charge in [0.25, 0.3) is 0 Å². The minimum absolute atomic E-state index is 0.133. The highest BCUT2D eigenvalue weighted by Gasteiger charge is 2.28. The lowest BCUT2D eigenvalue weighted by molar-refractivity contribution is 0.239. The van der Waals surface area contributed by atoms with Gasteiger partial charge < -0.3 is 19.8 Å². The van der Waals surface area contributed by atoms with E-state index in [1.165, 1.54) is 6.07 Å². The first-order chi connectivity index (χ1) is 13.7. The normalized spacial score (nSPS) is 23.2. The van der Waals surface area contributed by atoms with Gasteiger partial charge in [0.05, 0.1) is 18.3 Å². The van der Waals surface area contributed by atoms with Crippen LogP contribution >= 0.6 is 0 Å². The minimum atomic E-state index is -0.174. The molecule has 2 unspecified atom stereocenters. The number of anilines is 3. The smallest absolute Gasteiger partial charge is 0.146 e. The van der Waals surface area contributed by atoms with Crippen molar-refractivity contribution in [3.8, 4) is 0 Å². The number of piperidine rings is 1. The number of para-hydroxylation sites is 1. The lowest BCUT2D eigenvalue weighted by Crippen LogP contribution is -2.52. The molecule has 0 aliphatic carbocycles. The molecule has 0 radical (unpaired) electrons. The van der Waals surface area contributed by atoms with Crippen LogP contribution in [0.3, 0.4) is 0 Å². The molecule has 150 valence electrons. The van der Waals surface area contributed by atoms with Crippen molar-refractivity contribution in [2.45, 2.75) is 38.3 Å². The summed E-state index contributed by atoms with van der Waals surface area (Å²) >= 11 is 0. The average molecular weight is 385 g/mol. The van der Waals surface area contributed by atoms with E-state index in [9.17, 15) is 9.50 Å². The number of halogens is 1. The number of rotatable bonds is 4. The molecule has 2 saturated heterocycles. The van der Waals surface area contributed by atoms with Gasteiger partial charge in [-0.05, 0) is 38.3 Å². The van der Waals surface area contributed by atoms with Crippen LogP contribution in [0.2, 0.25) is 0 Å². The van der Waals surface area contributed by atoms with E-state index in [4.69, 9.17) is 0 Å². The maximum atomic E-state index is 14.2. The number of piperazine rings is 1. The van der Waals surface area contributed by atoms with Gasteiger partial charge in [-0.3, -0.25) is 0 Å². The third-order valence-corrected chi connectivity index (χ3v) is 5.88. The Labute approximate surface area is 165 Å². The summed E-state index contributed by atoms with van der Waals surface area (Å²) in [6, 6.07) is 9.29. The fourth-order valence-corrected chi connectivity index (χ4v) is 4.37. The minimum Gasteiger partial charge on any atom is -0.394 e. The molecule has 0 amide bonds. The summed E-state index contributed by atoms with van der Waals surface area (Å²) in [5.41, 5.74) is 0.664. The Kier molecular flexibility index (Phi) is 5.62. The maximum absolute atomic E-state index is 14.2. The summed E-state index contributed by atoms with van der Waals surface area (Å²) in [5, 5.41) is 9.70. The van der Waals surface area contributed by atoms with E-state index in [1.54, 1.807) is 12.4 Å². The van der Waals surface area contributed by atoms with Crippen molar-refractivity contribution in [1.82, 2.24) is 9.97 Å². The first kappa shape index (κ1) is 18.9. The van der Waals surface area contributed by atoms with Crippen molar-refractivity contribution in [3.05, 3.63) is 42.5 Å². The molecule has 2 aliphatic heterocycles. The van der Waals surface area contributed by atoms with Crippen LogP contribution in [0.5, 0.6) is 0 Å². The molecular weight excluding hydrogens is 357 g/mol. The van der Waals surface area contributed by atoms with Gasteiger partial charge in [-0.15, -0.1) is 0 Å². The van der Waals surface area contributed by atoms with Gasteiger partial charge >= 0.3 is 0 Å². The molecule has 2 fully saturated rings. The highest BCUT2D eigenvalue weighted by Crippen LogP contribution is 2.28. The Morgan fingerprint density at radius 3 is 2.68 bits per heavy atom. The van der Waals surface area contributed by atoms with E-state index in [-0.39, 0.29) is 24.5 Å². The third kappa shape index (κ3) is 3.76. The van der Waals surface area contributed by atoms with Gasteiger partial charge in [-0.25, -0.2) is 14.4 Å². The zero-order chi connectivity index (χ0) is 19.5. The molecule has 2 aromatic rings. The molecule has 6 nitrogen and oxygen atoms in total. The van der Waals surface area contributed by atoms with Crippen molar-refractivity contribution in [2.75, 3.05) is 47.5 Å². The molecule has 7 heteroatoms. The first-order valence-electron chi connectivity index (χ1n) is 10.1. The Hall–Kier alpha value is -2.41. The molecule has 1 N–H and O–H groups in total. The van der Waals surface area contributed by atoms with Crippen LogP contribution in [0.1, 0.15) is 26.2 Å². The van der Waals surface area contributed by atoms with E-state index in [0.29, 0.717) is 5.69 Å². The Morgan fingerprint density at radius 2 is 1.89 bits per heavy atom. The summed E-state index contributed by atoms with van der Waals surface area (Å²) in [7, 11) is 0. The number of aromatic nitrogens is 2. The molecule has 4 rings (SSSR count). The van der Waals surface area contributed by atoms with E-state index >= 15 is 0 Å². The predicted octanol–water partition coefficient (Wildman–Crippen LogP) is 2.68. The largest absolute Gasteiger partial charge is 0.394 e. The summed E-state index contributed by atoms with van der Waals surface area (Å²) in [5.74, 6) is 1.60. The third-order valence-electron chi connectivity index (χ3n) is 5.88. The zero-order valence-electron chi connectivity index (χ0n) is 16.3. The van der Waals surface area contributed by atoms with E-state index in [2.05, 4.69) is 31.6 Å². The fraction of sp³-hybridized carbons (Fsp3) is 0.524. The van der Waals surface area contributed by atoms with Crippen LogP contribution in [-0.4, -0.2) is 59.9 Å². The van der Waals surface area contributed by atoms with E-state index < -0.39 is 0 Å². The van der Waals surface area contributed by atoms with Gasteiger partial charge in [0, 0.05) is 38.3 Å². The summed E-state index contributed by atoms with van der Waals surface area (Å²) in [6.07, 6.45) is 4.87. The second-order valence-electron chi connectivity index (χ2n) is 7.70.